The zero-order valence-electron chi connectivity index (χ0n) is 8.53. The molecule has 1 radical (unpaired) electrons. The molecule has 0 fully saturated rings. The van der Waals surface area contributed by atoms with E-state index in [9.17, 15) is 13.2 Å². The average Bonchev–Trinajstić information content (AvgIpc) is 2.30. The molecule has 0 N–H and O–H groups in total. The van der Waals surface area contributed by atoms with Crippen molar-refractivity contribution in [1.82, 2.24) is 4.98 Å². The number of hydrogen-bond acceptors (Lipinski definition) is 2. The van der Waals surface area contributed by atoms with E-state index in [1.54, 1.807) is 12.1 Å². The molecule has 0 spiro atoms. The standard InChI is InChI=1S/C12H7F3NO/c13-12(14,15)9-4-6-10(7-5-9)17-11-3-1-2-8-16-11/h1,3-8H. The molecule has 0 atom stereocenters. The molecule has 0 amide bonds. The largest absolute Gasteiger partial charge is 0.439 e. The molecule has 0 saturated heterocycles. The van der Waals surface area contributed by atoms with Crippen LogP contribution in [0.25, 0.3) is 0 Å². The summed E-state index contributed by atoms with van der Waals surface area (Å²) in [5.74, 6) is 0.611. The molecule has 0 aliphatic rings. The van der Waals surface area contributed by atoms with Gasteiger partial charge in [-0.15, -0.1) is 0 Å². The predicted octanol–water partition coefficient (Wildman–Crippen LogP) is 3.69. The number of aromatic nitrogens is 1. The number of alkyl halides is 3. The van der Waals surface area contributed by atoms with Gasteiger partial charge in [0.2, 0.25) is 5.88 Å². The molecular weight excluding hydrogens is 231 g/mol. The molecule has 0 saturated carbocycles. The average molecular weight is 238 g/mol. The maximum absolute atomic E-state index is 12.3. The monoisotopic (exact) mass is 238 g/mol. The fourth-order valence-electron chi connectivity index (χ4n) is 1.20. The van der Waals surface area contributed by atoms with Crippen LogP contribution in [0.5, 0.6) is 11.6 Å². The molecule has 0 aliphatic heterocycles. The number of halogens is 3. The topological polar surface area (TPSA) is 22.1 Å². The summed E-state index contributed by atoms with van der Waals surface area (Å²) < 4.78 is 42.1. The molecule has 2 rings (SSSR count). The molecular formula is C12H7F3NO. The second-order valence-electron chi connectivity index (χ2n) is 3.22. The van der Waals surface area contributed by atoms with E-state index in [0.29, 0.717) is 11.6 Å². The molecule has 87 valence electrons. The van der Waals surface area contributed by atoms with Crippen LogP contribution in [-0.4, -0.2) is 4.98 Å². The Bertz CT molecular complexity index is 479. The third-order valence-corrected chi connectivity index (χ3v) is 1.99. The van der Waals surface area contributed by atoms with Crippen molar-refractivity contribution in [2.75, 3.05) is 0 Å². The van der Waals surface area contributed by atoms with E-state index >= 15 is 0 Å². The first-order valence-electron chi connectivity index (χ1n) is 4.73. The summed E-state index contributed by atoms with van der Waals surface area (Å²) in [5.41, 5.74) is -0.709. The Labute approximate surface area is 95.7 Å². The highest BCUT2D eigenvalue weighted by Crippen LogP contribution is 2.30. The summed E-state index contributed by atoms with van der Waals surface area (Å²) in [4.78, 5) is 3.85. The molecule has 17 heavy (non-hydrogen) atoms. The number of pyridine rings is 1. The van der Waals surface area contributed by atoms with Crippen LogP contribution in [0, 0.1) is 6.07 Å². The lowest BCUT2D eigenvalue weighted by Gasteiger charge is -2.08. The van der Waals surface area contributed by atoms with Crippen molar-refractivity contribution >= 4 is 0 Å². The summed E-state index contributed by atoms with van der Waals surface area (Å²) in [6.45, 7) is 0. The maximum Gasteiger partial charge on any atom is 0.416 e. The van der Waals surface area contributed by atoms with E-state index in [-0.39, 0.29) is 0 Å². The van der Waals surface area contributed by atoms with Crippen LogP contribution < -0.4 is 4.74 Å². The van der Waals surface area contributed by atoms with Gasteiger partial charge in [-0.25, -0.2) is 4.98 Å². The van der Waals surface area contributed by atoms with Gasteiger partial charge in [0.25, 0.3) is 0 Å². The summed E-state index contributed by atoms with van der Waals surface area (Å²) in [5, 5.41) is 0. The second-order valence-corrected chi connectivity index (χ2v) is 3.22. The van der Waals surface area contributed by atoms with Crippen molar-refractivity contribution in [2.45, 2.75) is 6.18 Å². The lowest BCUT2D eigenvalue weighted by Crippen LogP contribution is -2.04. The summed E-state index contributed by atoms with van der Waals surface area (Å²) >= 11 is 0. The third-order valence-electron chi connectivity index (χ3n) is 1.99. The first kappa shape index (κ1) is 11.4. The first-order chi connectivity index (χ1) is 8.05. The Hall–Kier alpha value is -2.04. The van der Waals surface area contributed by atoms with E-state index in [2.05, 4.69) is 11.1 Å². The summed E-state index contributed by atoms with van der Waals surface area (Å²) in [6.07, 6.45) is -2.92. The van der Waals surface area contributed by atoms with Gasteiger partial charge in [-0.05, 0) is 30.3 Å². The number of benzene rings is 1. The van der Waals surface area contributed by atoms with Crippen LogP contribution in [0.3, 0.4) is 0 Å². The van der Waals surface area contributed by atoms with Crippen molar-refractivity contribution in [1.29, 1.82) is 0 Å². The Morgan fingerprint density at radius 1 is 1.06 bits per heavy atom. The van der Waals surface area contributed by atoms with Crippen LogP contribution in [0.4, 0.5) is 13.2 Å². The number of ether oxygens (including phenoxy) is 1. The molecule has 1 heterocycles. The van der Waals surface area contributed by atoms with Crippen LogP contribution in [0.1, 0.15) is 5.56 Å². The molecule has 0 aliphatic carbocycles. The molecule has 1 aromatic carbocycles. The lowest BCUT2D eigenvalue weighted by molar-refractivity contribution is -0.137. The minimum Gasteiger partial charge on any atom is -0.439 e. The molecule has 1 aromatic heterocycles. The molecule has 0 unspecified atom stereocenters. The Balaban J connectivity index is 2.14. The molecule has 0 bridgehead atoms. The van der Waals surface area contributed by atoms with Gasteiger partial charge in [-0.3, -0.25) is 0 Å². The van der Waals surface area contributed by atoms with E-state index in [0.717, 1.165) is 12.1 Å². The van der Waals surface area contributed by atoms with Gasteiger partial charge >= 0.3 is 6.18 Å². The van der Waals surface area contributed by atoms with Crippen LogP contribution in [0.15, 0.2) is 42.6 Å². The van der Waals surface area contributed by atoms with Gasteiger partial charge in [-0.2, -0.15) is 13.2 Å². The second kappa shape index (κ2) is 4.45. The predicted molar refractivity (Wildman–Crippen MR) is 54.6 cm³/mol. The fourth-order valence-corrected chi connectivity index (χ4v) is 1.20. The van der Waals surface area contributed by atoms with Gasteiger partial charge in [0.15, 0.2) is 0 Å². The van der Waals surface area contributed by atoms with E-state index in [1.807, 2.05) is 0 Å². The van der Waals surface area contributed by atoms with Crippen LogP contribution in [-0.2, 0) is 6.18 Å². The SMILES string of the molecule is FC(F)(F)c1ccc(Oc2cc[c]cn2)cc1. The quantitative estimate of drug-likeness (QED) is 0.795. The van der Waals surface area contributed by atoms with Crippen LogP contribution >= 0.6 is 0 Å². The zero-order chi connectivity index (χ0) is 12.3. The highest BCUT2D eigenvalue weighted by atomic mass is 19.4. The van der Waals surface area contributed by atoms with Gasteiger partial charge in [0.1, 0.15) is 5.75 Å². The van der Waals surface area contributed by atoms with Crippen molar-refractivity contribution < 1.29 is 17.9 Å². The van der Waals surface area contributed by atoms with Gasteiger partial charge in [0, 0.05) is 18.3 Å². The van der Waals surface area contributed by atoms with Crippen molar-refractivity contribution in [3.05, 3.63) is 54.2 Å². The van der Waals surface area contributed by atoms with E-state index in [1.165, 1.54) is 18.3 Å². The summed E-state index contributed by atoms with van der Waals surface area (Å²) in [6, 6.07) is 10.3. The Morgan fingerprint density at radius 3 is 2.29 bits per heavy atom. The third kappa shape index (κ3) is 2.96. The number of nitrogens with zero attached hydrogens (tertiary/aromatic N) is 1. The minimum absolute atomic E-state index is 0.303. The smallest absolute Gasteiger partial charge is 0.416 e. The van der Waals surface area contributed by atoms with E-state index < -0.39 is 11.7 Å². The van der Waals surface area contributed by atoms with E-state index in [4.69, 9.17) is 4.74 Å². The highest BCUT2D eigenvalue weighted by Gasteiger charge is 2.30. The van der Waals surface area contributed by atoms with Gasteiger partial charge in [0.05, 0.1) is 5.56 Å². The first-order valence-corrected chi connectivity index (χ1v) is 4.73. The number of rotatable bonds is 2. The maximum atomic E-state index is 12.3. The normalized spacial score (nSPS) is 11.2. The minimum atomic E-state index is -4.33. The van der Waals surface area contributed by atoms with Gasteiger partial charge < -0.3 is 4.74 Å². The van der Waals surface area contributed by atoms with Crippen LogP contribution in [0.2, 0.25) is 0 Å². The van der Waals surface area contributed by atoms with Crippen molar-refractivity contribution in [2.24, 2.45) is 0 Å². The lowest BCUT2D eigenvalue weighted by atomic mass is 10.2. The zero-order valence-corrected chi connectivity index (χ0v) is 8.53. The molecule has 5 heteroatoms. The molecule has 2 aromatic rings. The summed E-state index contributed by atoms with van der Waals surface area (Å²) in [7, 11) is 0. The Kier molecular flexibility index (Phi) is 2.99. The highest BCUT2D eigenvalue weighted by molar-refractivity contribution is 5.31. The Morgan fingerprint density at radius 2 is 1.76 bits per heavy atom. The van der Waals surface area contributed by atoms with Crippen molar-refractivity contribution in [3.63, 3.8) is 0 Å². The fraction of sp³-hybridized carbons (Fsp3) is 0.0833. The molecule has 2 nitrogen and oxygen atoms in total. The van der Waals surface area contributed by atoms with Crippen molar-refractivity contribution in [3.8, 4) is 11.6 Å². The van der Waals surface area contributed by atoms with Gasteiger partial charge in [-0.1, -0.05) is 0 Å². The number of hydrogen-bond donors (Lipinski definition) is 0.